The third kappa shape index (κ3) is 3.42. The van der Waals surface area contributed by atoms with Crippen LogP contribution in [0.25, 0.3) is 0 Å². The Bertz CT molecular complexity index is 985. The van der Waals surface area contributed by atoms with E-state index < -0.39 is 20.0 Å². The number of hydrogen-bond acceptors (Lipinski definition) is 4. The number of nitrogens with zero attached hydrogens (tertiary/aromatic N) is 2. The summed E-state index contributed by atoms with van der Waals surface area (Å²) in [5.41, 5.74) is 2.02. The Balaban J connectivity index is 1.92. The molecule has 3 rings (SSSR count). The van der Waals surface area contributed by atoms with E-state index in [1.165, 1.54) is 24.5 Å². The van der Waals surface area contributed by atoms with Crippen LogP contribution in [0.3, 0.4) is 0 Å². The average Bonchev–Trinajstić information content (AvgIpc) is 2.99. The second-order valence-corrected chi connectivity index (χ2v) is 10.2. The van der Waals surface area contributed by atoms with Gasteiger partial charge in [-0.15, -0.1) is 0 Å². The molecule has 0 amide bonds. The topological polar surface area (TPSA) is 74.8 Å². The Labute approximate surface area is 148 Å². The Morgan fingerprint density at radius 3 is 2.32 bits per heavy atom. The first-order chi connectivity index (χ1) is 11.7. The van der Waals surface area contributed by atoms with E-state index in [1.54, 1.807) is 36.4 Å². The highest BCUT2D eigenvalue weighted by molar-refractivity contribution is 7.92. The lowest BCUT2D eigenvalue weighted by molar-refractivity contribution is 0.520. The molecule has 0 unspecified atom stereocenters. The summed E-state index contributed by atoms with van der Waals surface area (Å²) in [6, 6.07) is 13.6. The molecule has 0 aromatic heterocycles. The molecule has 2 aromatic rings. The molecule has 0 saturated carbocycles. The standard InChI is InChI=1S/C17H20N2O4S2/c1-18(2)25(22,23)16-8-9-17-15(12-16)10-11-19(17)24(20,21)13-14-6-4-3-5-7-14/h3-9,12H,10-11,13H2,1-2H3. The van der Waals surface area contributed by atoms with Crippen molar-refractivity contribution in [3.8, 4) is 0 Å². The smallest absolute Gasteiger partial charge is 0.242 e. The summed E-state index contributed by atoms with van der Waals surface area (Å²) in [7, 11) is -4.11. The number of benzene rings is 2. The second-order valence-electron chi connectivity index (χ2n) is 6.14. The summed E-state index contributed by atoms with van der Waals surface area (Å²) in [4.78, 5) is 0.179. The fourth-order valence-corrected chi connectivity index (χ4v) is 5.44. The van der Waals surface area contributed by atoms with E-state index >= 15 is 0 Å². The van der Waals surface area contributed by atoms with Crippen molar-refractivity contribution >= 4 is 25.7 Å². The molecule has 25 heavy (non-hydrogen) atoms. The molecule has 0 saturated heterocycles. The largest absolute Gasteiger partial charge is 0.269 e. The molecule has 8 heteroatoms. The van der Waals surface area contributed by atoms with E-state index in [1.807, 2.05) is 6.07 Å². The molecule has 0 atom stereocenters. The van der Waals surface area contributed by atoms with Gasteiger partial charge in [-0.3, -0.25) is 4.31 Å². The lowest BCUT2D eigenvalue weighted by atomic mass is 10.2. The molecule has 6 nitrogen and oxygen atoms in total. The van der Waals surface area contributed by atoms with Crippen molar-refractivity contribution in [1.29, 1.82) is 0 Å². The lowest BCUT2D eigenvalue weighted by Crippen LogP contribution is -2.30. The highest BCUT2D eigenvalue weighted by Gasteiger charge is 2.31. The SMILES string of the molecule is CN(C)S(=O)(=O)c1ccc2c(c1)CCN2S(=O)(=O)Cc1ccccc1. The Kier molecular flexibility index (Phi) is 4.61. The maximum absolute atomic E-state index is 12.8. The summed E-state index contributed by atoms with van der Waals surface area (Å²) >= 11 is 0. The van der Waals surface area contributed by atoms with E-state index in [4.69, 9.17) is 0 Å². The summed E-state index contributed by atoms with van der Waals surface area (Å²) in [5, 5.41) is 0. The molecule has 1 aliphatic rings. The first kappa shape index (κ1) is 17.9. The number of hydrogen-bond donors (Lipinski definition) is 0. The lowest BCUT2D eigenvalue weighted by Gasteiger charge is -2.20. The summed E-state index contributed by atoms with van der Waals surface area (Å²) in [6.07, 6.45) is 0.500. The maximum atomic E-state index is 12.8. The van der Waals surface area contributed by atoms with E-state index in [2.05, 4.69) is 0 Å². The van der Waals surface area contributed by atoms with Gasteiger partial charge in [-0.1, -0.05) is 30.3 Å². The van der Waals surface area contributed by atoms with Gasteiger partial charge < -0.3 is 0 Å². The van der Waals surface area contributed by atoms with E-state index in [0.717, 1.165) is 15.4 Å². The highest BCUT2D eigenvalue weighted by Crippen LogP contribution is 2.33. The fraction of sp³-hybridized carbons (Fsp3) is 0.294. The van der Waals surface area contributed by atoms with Crippen LogP contribution in [-0.2, 0) is 32.2 Å². The van der Waals surface area contributed by atoms with Crippen molar-refractivity contribution in [3.63, 3.8) is 0 Å². The molecule has 1 heterocycles. The van der Waals surface area contributed by atoms with Gasteiger partial charge in [0.15, 0.2) is 0 Å². The quantitative estimate of drug-likeness (QED) is 0.793. The van der Waals surface area contributed by atoms with Crippen LogP contribution < -0.4 is 4.31 Å². The fourth-order valence-electron chi connectivity index (χ4n) is 2.87. The molecule has 134 valence electrons. The van der Waals surface area contributed by atoms with Gasteiger partial charge in [0.05, 0.1) is 16.3 Å². The van der Waals surface area contributed by atoms with Crippen LogP contribution >= 0.6 is 0 Å². The Hall–Kier alpha value is -1.90. The first-order valence-electron chi connectivity index (χ1n) is 7.81. The zero-order chi connectivity index (χ0) is 18.2. The first-order valence-corrected chi connectivity index (χ1v) is 10.9. The Morgan fingerprint density at radius 1 is 1.00 bits per heavy atom. The molecule has 0 bridgehead atoms. The van der Waals surface area contributed by atoms with Gasteiger partial charge in [0.1, 0.15) is 0 Å². The molecule has 0 spiro atoms. The number of rotatable bonds is 5. The van der Waals surface area contributed by atoms with E-state index in [-0.39, 0.29) is 10.6 Å². The van der Waals surface area contributed by atoms with Gasteiger partial charge in [0, 0.05) is 20.6 Å². The summed E-state index contributed by atoms with van der Waals surface area (Å²) < 4.78 is 52.5. The maximum Gasteiger partial charge on any atom is 0.242 e. The minimum absolute atomic E-state index is 0.0783. The van der Waals surface area contributed by atoms with Crippen molar-refractivity contribution in [2.24, 2.45) is 0 Å². The molecule has 0 N–H and O–H groups in total. The van der Waals surface area contributed by atoms with Crippen molar-refractivity contribution < 1.29 is 16.8 Å². The molecule has 2 aromatic carbocycles. The normalized spacial score (nSPS) is 14.8. The summed E-state index contributed by atoms with van der Waals surface area (Å²) in [5.74, 6) is -0.0783. The van der Waals surface area contributed by atoms with Crippen molar-refractivity contribution in [3.05, 3.63) is 59.7 Å². The molecular formula is C17H20N2O4S2. The van der Waals surface area contributed by atoms with Crippen LogP contribution in [0.5, 0.6) is 0 Å². The van der Waals surface area contributed by atoms with Gasteiger partial charge in [0.25, 0.3) is 0 Å². The number of anilines is 1. The minimum atomic E-state index is -3.53. The van der Waals surface area contributed by atoms with Crippen LogP contribution in [0.15, 0.2) is 53.4 Å². The van der Waals surface area contributed by atoms with Gasteiger partial charge in [-0.2, -0.15) is 0 Å². The van der Waals surface area contributed by atoms with E-state index in [0.29, 0.717) is 18.7 Å². The van der Waals surface area contributed by atoms with Crippen molar-refractivity contribution in [1.82, 2.24) is 4.31 Å². The van der Waals surface area contributed by atoms with Crippen LogP contribution in [0.2, 0.25) is 0 Å². The van der Waals surface area contributed by atoms with Gasteiger partial charge in [0.2, 0.25) is 20.0 Å². The monoisotopic (exact) mass is 380 g/mol. The van der Waals surface area contributed by atoms with Gasteiger partial charge in [-0.25, -0.2) is 21.1 Å². The minimum Gasteiger partial charge on any atom is -0.269 e. The zero-order valence-electron chi connectivity index (χ0n) is 14.1. The van der Waals surface area contributed by atoms with Crippen molar-refractivity contribution in [2.75, 3.05) is 24.9 Å². The third-order valence-electron chi connectivity index (χ3n) is 4.21. The third-order valence-corrected chi connectivity index (χ3v) is 7.77. The average molecular weight is 380 g/mol. The zero-order valence-corrected chi connectivity index (χ0v) is 15.7. The molecule has 0 aliphatic carbocycles. The second kappa shape index (κ2) is 6.44. The van der Waals surface area contributed by atoms with Gasteiger partial charge in [-0.05, 0) is 35.7 Å². The van der Waals surface area contributed by atoms with E-state index in [9.17, 15) is 16.8 Å². The van der Waals surface area contributed by atoms with Crippen LogP contribution in [0, 0.1) is 0 Å². The number of sulfonamides is 2. The van der Waals surface area contributed by atoms with Crippen LogP contribution in [-0.4, -0.2) is 41.8 Å². The predicted molar refractivity (Wildman–Crippen MR) is 97.4 cm³/mol. The molecular weight excluding hydrogens is 360 g/mol. The predicted octanol–water partition coefficient (Wildman–Crippen LogP) is 1.83. The summed E-state index contributed by atoms with van der Waals surface area (Å²) in [6.45, 7) is 0.329. The highest BCUT2D eigenvalue weighted by atomic mass is 32.2. The Morgan fingerprint density at radius 2 is 1.68 bits per heavy atom. The number of fused-ring (bicyclic) bond motifs is 1. The molecule has 1 aliphatic heterocycles. The molecule has 0 fully saturated rings. The van der Waals surface area contributed by atoms with Crippen molar-refractivity contribution in [2.45, 2.75) is 17.1 Å². The van der Waals surface area contributed by atoms with Crippen LogP contribution in [0.4, 0.5) is 5.69 Å². The van der Waals surface area contributed by atoms with Gasteiger partial charge >= 0.3 is 0 Å². The molecule has 0 radical (unpaired) electrons. The van der Waals surface area contributed by atoms with Crippen LogP contribution in [0.1, 0.15) is 11.1 Å².